The lowest BCUT2D eigenvalue weighted by Gasteiger charge is -2.26. The Morgan fingerprint density at radius 1 is 1.17 bits per heavy atom. The molecule has 0 radical (unpaired) electrons. The number of hydrogen-bond acceptors (Lipinski definition) is 10. The highest BCUT2D eigenvalue weighted by Gasteiger charge is 2.29. The third-order valence-electron chi connectivity index (χ3n) is 4.07. The molecule has 152 valence electrons. The average Bonchev–Trinajstić information content (AvgIpc) is 3.40. The van der Waals surface area contributed by atoms with Gasteiger partial charge in [-0.15, -0.1) is 10.2 Å². The number of nitrogens with zero attached hydrogens (tertiary/aromatic N) is 4. The number of nitro benzene ring substituents is 1. The fraction of sp³-hybridized carbons (Fsp3) is 0.250. The molecule has 29 heavy (non-hydrogen) atoms. The van der Waals surface area contributed by atoms with Crippen LogP contribution >= 0.6 is 11.8 Å². The maximum absolute atomic E-state index is 12.8. The van der Waals surface area contributed by atoms with E-state index in [9.17, 15) is 18.5 Å². The van der Waals surface area contributed by atoms with Crippen LogP contribution in [-0.4, -0.2) is 54.1 Å². The van der Waals surface area contributed by atoms with Gasteiger partial charge in [-0.05, 0) is 36.0 Å². The Hall–Kier alpha value is -2.74. The number of furan rings is 1. The minimum Gasteiger partial charge on any atom is -0.459 e. The number of ether oxygens (including phenoxy) is 1. The summed E-state index contributed by atoms with van der Waals surface area (Å²) >= 11 is 0.864. The highest BCUT2D eigenvalue weighted by atomic mass is 32.2. The van der Waals surface area contributed by atoms with Gasteiger partial charge < -0.3 is 13.6 Å². The van der Waals surface area contributed by atoms with Crippen molar-refractivity contribution >= 4 is 27.5 Å². The van der Waals surface area contributed by atoms with E-state index < -0.39 is 14.9 Å². The van der Waals surface area contributed by atoms with Crippen LogP contribution in [0, 0.1) is 10.1 Å². The molecule has 1 aliphatic heterocycles. The smallest absolute Gasteiger partial charge is 0.284 e. The van der Waals surface area contributed by atoms with E-state index in [1.165, 1.54) is 22.7 Å². The Labute approximate surface area is 168 Å². The molecular weight excluding hydrogens is 424 g/mol. The number of aromatic nitrogens is 2. The normalized spacial score (nSPS) is 15.4. The zero-order chi connectivity index (χ0) is 20.4. The highest BCUT2D eigenvalue weighted by Crippen LogP contribution is 2.37. The second kappa shape index (κ2) is 7.94. The maximum atomic E-state index is 12.8. The molecule has 0 amide bonds. The van der Waals surface area contributed by atoms with Crippen LogP contribution in [0.5, 0.6) is 0 Å². The number of morpholine rings is 1. The number of hydrogen-bond donors (Lipinski definition) is 0. The lowest BCUT2D eigenvalue weighted by Crippen LogP contribution is -2.40. The van der Waals surface area contributed by atoms with Crippen molar-refractivity contribution in [1.29, 1.82) is 0 Å². The molecule has 0 N–H and O–H groups in total. The predicted octanol–water partition coefficient (Wildman–Crippen LogP) is 2.41. The molecule has 0 saturated carbocycles. The van der Waals surface area contributed by atoms with Crippen LogP contribution in [0.1, 0.15) is 0 Å². The van der Waals surface area contributed by atoms with Gasteiger partial charge in [-0.25, -0.2) is 8.42 Å². The lowest BCUT2D eigenvalue weighted by atomic mass is 10.3. The van der Waals surface area contributed by atoms with Crippen LogP contribution in [0.25, 0.3) is 11.7 Å². The van der Waals surface area contributed by atoms with Gasteiger partial charge in [-0.1, -0.05) is 0 Å². The summed E-state index contributed by atoms with van der Waals surface area (Å²) in [5.74, 6) is 0.498. The van der Waals surface area contributed by atoms with Gasteiger partial charge in [0.15, 0.2) is 5.76 Å². The van der Waals surface area contributed by atoms with Crippen LogP contribution in [0.15, 0.2) is 60.4 Å². The van der Waals surface area contributed by atoms with Crippen LogP contribution in [0.3, 0.4) is 0 Å². The summed E-state index contributed by atoms with van der Waals surface area (Å²) in [5, 5.41) is 19.3. The van der Waals surface area contributed by atoms with E-state index in [2.05, 4.69) is 10.2 Å². The van der Waals surface area contributed by atoms with Crippen molar-refractivity contribution in [1.82, 2.24) is 14.5 Å². The van der Waals surface area contributed by atoms with E-state index in [4.69, 9.17) is 13.6 Å². The molecule has 2 aromatic heterocycles. The SMILES string of the molecule is O=[N+]([O-])c1cc(S(=O)(=O)N2CCOCC2)ccc1Sc1nnc(-c2ccco2)o1. The summed E-state index contributed by atoms with van der Waals surface area (Å²) in [6.45, 7) is 0.962. The second-order valence-electron chi connectivity index (χ2n) is 5.86. The van der Waals surface area contributed by atoms with Crippen molar-refractivity contribution in [3.63, 3.8) is 0 Å². The van der Waals surface area contributed by atoms with Crippen molar-refractivity contribution in [2.24, 2.45) is 0 Å². The van der Waals surface area contributed by atoms with E-state index in [0.29, 0.717) is 5.76 Å². The summed E-state index contributed by atoms with van der Waals surface area (Å²) in [5.41, 5.74) is -0.373. The van der Waals surface area contributed by atoms with Gasteiger partial charge in [0.2, 0.25) is 10.0 Å². The van der Waals surface area contributed by atoms with Crippen LogP contribution in [0.2, 0.25) is 0 Å². The second-order valence-corrected chi connectivity index (χ2v) is 8.79. The molecule has 0 bridgehead atoms. The lowest BCUT2D eigenvalue weighted by molar-refractivity contribution is -0.388. The van der Waals surface area contributed by atoms with Gasteiger partial charge in [0.05, 0.1) is 34.2 Å². The number of nitro groups is 1. The minimum absolute atomic E-state index is 0.0586. The first-order chi connectivity index (χ1) is 13.9. The molecule has 0 aliphatic carbocycles. The quantitative estimate of drug-likeness (QED) is 0.416. The first-order valence-corrected chi connectivity index (χ1v) is 10.6. The largest absolute Gasteiger partial charge is 0.459 e. The van der Waals surface area contributed by atoms with Gasteiger partial charge in [-0.2, -0.15) is 4.31 Å². The first kappa shape index (κ1) is 19.6. The van der Waals surface area contributed by atoms with Crippen molar-refractivity contribution in [3.05, 3.63) is 46.7 Å². The Kier molecular flexibility index (Phi) is 5.36. The molecule has 1 saturated heterocycles. The van der Waals surface area contributed by atoms with Crippen molar-refractivity contribution < 1.29 is 26.9 Å². The van der Waals surface area contributed by atoms with E-state index >= 15 is 0 Å². The summed E-state index contributed by atoms with van der Waals surface area (Å²) in [4.78, 5) is 10.9. The summed E-state index contributed by atoms with van der Waals surface area (Å²) in [6, 6.07) is 7.01. The monoisotopic (exact) mass is 438 g/mol. The standard InChI is InChI=1S/C16H14N4O7S2/c21-20(22)12-10-11(29(23,24)19-5-8-25-9-6-19)3-4-14(12)28-16-18-17-15(27-16)13-2-1-7-26-13/h1-4,7,10H,5-6,8-9H2. The Balaban J connectivity index is 1.62. The fourth-order valence-corrected chi connectivity index (χ4v) is 4.86. The highest BCUT2D eigenvalue weighted by molar-refractivity contribution is 7.99. The molecule has 0 unspecified atom stereocenters. The number of sulfonamides is 1. The molecule has 1 aromatic carbocycles. The van der Waals surface area contributed by atoms with Crippen molar-refractivity contribution in [2.75, 3.05) is 26.3 Å². The molecular formula is C16H14N4O7S2. The van der Waals surface area contributed by atoms with Crippen LogP contribution in [0.4, 0.5) is 5.69 Å². The summed E-state index contributed by atoms with van der Waals surface area (Å²) in [7, 11) is -3.86. The summed E-state index contributed by atoms with van der Waals surface area (Å²) < 4.78 is 42.5. The molecule has 0 spiro atoms. The zero-order valence-electron chi connectivity index (χ0n) is 14.8. The number of benzene rings is 1. The predicted molar refractivity (Wildman–Crippen MR) is 98.8 cm³/mol. The van der Waals surface area contributed by atoms with E-state index in [1.54, 1.807) is 12.1 Å². The maximum Gasteiger partial charge on any atom is 0.284 e. The first-order valence-electron chi connectivity index (χ1n) is 8.37. The molecule has 1 aliphatic rings. The van der Waals surface area contributed by atoms with Gasteiger partial charge in [-0.3, -0.25) is 10.1 Å². The third-order valence-corrected chi connectivity index (χ3v) is 6.87. The van der Waals surface area contributed by atoms with Crippen LogP contribution < -0.4 is 0 Å². The average molecular weight is 438 g/mol. The molecule has 3 heterocycles. The molecule has 11 nitrogen and oxygen atoms in total. The Morgan fingerprint density at radius 3 is 2.66 bits per heavy atom. The Bertz CT molecular complexity index is 1120. The van der Waals surface area contributed by atoms with Gasteiger partial charge >= 0.3 is 0 Å². The minimum atomic E-state index is -3.86. The fourth-order valence-electron chi connectivity index (χ4n) is 2.67. The van der Waals surface area contributed by atoms with Crippen molar-refractivity contribution in [2.45, 2.75) is 15.0 Å². The van der Waals surface area contributed by atoms with Crippen molar-refractivity contribution in [3.8, 4) is 11.7 Å². The van der Waals surface area contributed by atoms with Gasteiger partial charge in [0, 0.05) is 19.2 Å². The molecule has 4 rings (SSSR count). The van der Waals surface area contributed by atoms with Gasteiger partial charge in [0.1, 0.15) is 0 Å². The third kappa shape index (κ3) is 4.03. The van der Waals surface area contributed by atoms with E-state index in [-0.39, 0.29) is 52.9 Å². The van der Waals surface area contributed by atoms with E-state index in [0.717, 1.165) is 17.8 Å². The molecule has 0 atom stereocenters. The molecule has 3 aromatic rings. The topological polar surface area (TPSA) is 142 Å². The van der Waals surface area contributed by atoms with Gasteiger partial charge in [0.25, 0.3) is 16.8 Å². The zero-order valence-corrected chi connectivity index (χ0v) is 16.4. The number of rotatable bonds is 6. The molecule has 1 fully saturated rings. The van der Waals surface area contributed by atoms with E-state index in [1.807, 2.05) is 0 Å². The van der Waals surface area contributed by atoms with Crippen LogP contribution in [-0.2, 0) is 14.8 Å². The Morgan fingerprint density at radius 2 is 1.97 bits per heavy atom. The summed E-state index contributed by atoms with van der Waals surface area (Å²) in [6.07, 6.45) is 1.45. The molecule has 13 heteroatoms.